The van der Waals surface area contributed by atoms with Gasteiger partial charge in [0.05, 0.1) is 19.4 Å². The second-order valence-corrected chi connectivity index (χ2v) is 4.85. The second-order valence-electron chi connectivity index (χ2n) is 4.85. The highest BCUT2D eigenvalue weighted by molar-refractivity contribution is 5.47. The zero-order chi connectivity index (χ0) is 15.2. The summed E-state index contributed by atoms with van der Waals surface area (Å²) in [5, 5.41) is 3.18. The van der Waals surface area contributed by atoms with E-state index in [0.29, 0.717) is 12.3 Å². The van der Waals surface area contributed by atoms with Crippen LogP contribution in [0.1, 0.15) is 24.1 Å². The van der Waals surface area contributed by atoms with Crippen LogP contribution in [-0.2, 0) is 11.3 Å². The fourth-order valence-corrected chi connectivity index (χ4v) is 2.23. The van der Waals surface area contributed by atoms with Crippen molar-refractivity contribution in [3.05, 3.63) is 59.4 Å². The van der Waals surface area contributed by atoms with Gasteiger partial charge in [-0.15, -0.1) is 0 Å². The van der Waals surface area contributed by atoms with Gasteiger partial charge in [0.15, 0.2) is 0 Å². The predicted octanol–water partition coefficient (Wildman–Crippen LogP) is 4.15. The highest BCUT2D eigenvalue weighted by Gasteiger charge is 2.11. The molecule has 3 nitrogen and oxygen atoms in total. The van der Waals surface area contributed by atoms with E-state index in [1.165, 1.54) is 6.07 Å². The van der Waals surface area contributed by atoms with Gasteiger partial charge in [0.2, 0.25) is 0 Å². The molecule has 0 radical (unpaired) electrons. The number of hydrogen-bond acceptors (Lipinski definition) is 3. The van der Waals surface area contributed by atoms with Crippen molar-refractivity contribution in [3.63, 3.8) is 0 Å². The van der Waals surface area contributed by atoms with Gasteiger partial charge >= 0.3 is 0 Å². The average Bonchev–Trinajstić information content (AvgIpc) is 2.50. The molecule has 21 heavy (non-hydrogen) atoms. The molecule has 1 atom stereocenters. The van der Waals surface area contributed by atoms with Crippen LogP contribution < -0.4 is 10.1 Å². The summed E-state index contributed by atoms with van der Waals surface area (Å²) in [4.78, 5) is 0. The first kappa shape index (κ1) is 15.3. The Balaban J connectivity index is 2.21. The Morgan fingerprint density at radius 2 is 1.90 bits per heavy atom. The molecule has 1 N–H and O–H groups in total. The van der Waals surface area contributed by atoms with Crippen molar-refractivity contribution >= 4 is 5.69 Å². The van der Waals surface area contributed by atoms with E-state index >= 15 is 0 Å². The van der Waals surface area contributed by atoms with Crippen LogP contribution in [0.25, 0.3) is 0 Å². The van der Waals surface area contributed by atoms with Gasteiger partial charge in [-0.1, -0.05) is 18.2 Å². The summed E-state index contributed by atoms with van der Waals surface area (Å²) in [6.45, 7) is 2.47. The zero-order valence-corrected chi connectivity index (χ0v) is 12.5. The summed E-state index contributed by atoms with van der Waals surface area (Å²) in [6, 6.07) is 12.5. The lowest BCUT2D eigenvalue weighted by Gasteiger charge is -2.18. The lowest BCUT2D eigenvalue weighted by Crippen LogP contribution is -2.08. The number of para-hydroxylation sites is 1. The second kappa shape index (κ2) is 7.09. The number of ether oxygens (including phenoxy) is 2. The molecule has 0 saturated carbocycles. The fraction of sp³-hybridized carbons (Fsp3) is 0.294. The molecule has 4 heteroatoms. The van der Waals surface area contributed by atoms with E-state index in [0.717, 1.165) is 16.9 Å². The molecule has 0 amide bonds. The number of anilines is 1. The molecular weight excluding hydrogens is 269 g/mol. The van der Waals surface area contributed by atoms with Gasteiger partial charge in [-0.3, -0.25) is 0 Å². The van der Waals surface area contributed by atoms with Crippen LogP contribution >= 0.6 is 0 Å². The third-order valence-corrected chi connectivity index (χ3v) is 3.35. The van der Waals surface area contributed by atoms with E-state index in [1.807, 2.05) is 31.2 Å². The van der Waals surface area contributed by atoms with Crippen molar-refractivity contribution in [2.45, 2.75) is 19.6 Å². The molecule has 0 fully saturated rings. The Morgan fingerprint density at radius 1 is 1.14 bits per heavy atom. The molecule has 0 aliphatic heterocycles. The molecule has 0 aliphatic carbocycles. The number of nitrogens with one attached hydrogen (secondary N) is 1. The van der Waals surface area contributed by atoms with Gasteiger partial charge in [0.25, 0.3) is 0 Å². The SMILES string of the molecule is COCc1cc(C(C)Nc2ccccc2F)ccc1OC. The van der Waals surface area contributed by atoms with Crippen molar-refractivity contribution < 1.29 is 13.9 Å². The summed E-state index contributed by atoms with van der Waals surface area (Å²) in [5.41, 5.74) is 2.51. The molecule has 0 bridgehead atoms. The van der Waals surface area contributed by atoms with E-state index in [-0.39, 0.29) is 11.9 Å². The molecule has 0 aromatic heterocycles. The third-order valence-electron chi connectivity index (χ3n) is 3.35. The summed E-state index contributed by atoms with van der Waals surface area (Å²) in [6.07, 6.45) is 0. The van der Waals surface area contributed by atoms with Crippen molar-refractivity contribution in [2.75, 3.05) is 19.5 Å². The van der Waals surface area contributed by atoms with Crippen molar-refractivity contribution in [2.24, 2.45) is 0 Å². The molecule has 2 aromatic rings. The van der Waals surface area contributed by atoms with Gasteiger partial charge in [-0.05, 0) is 36.8 Å². The molecule has 1 unspecified atom stereocenters. The minimum Gasteiger partial charge on any atom is -0.496 e. The Kier molecular flexibility index (Phi) is 5.17. The first-order chi connectivity index (χ1) is 10.2. The van der Waals surface area contributed by atoms with Gasteiger partial charge in [-0.2, -0.15) is 0 Å². The molecule has 2 aromatic carbocycles. The van der Waals surface area contributed by atoms with E-state index < -0.39 is 0 Å². The smallest absolute Gasteiger partial charge is 0.146 e. The van der Waals surface area contributed by atoms with E-state index in [4.69, 9.17) is 9.47 Å². The van der Waals surface area contributed by atoms with E-state index in [1.54, 1.807) is 26.4 Å². The Labute approximate surface area is 124 Å². The van der Waals surface area contributed by atoms with Gasteiger partial charge < -0.3 is 14.8 Å². The monoisotopic (exact) mass is 289 g/mol. The maximum absolute atomic E-state index is 13.7. The molecule has 0 spiro atoms. The van der Waals surface area contributed by atoms with Gasteiger partial charge in [-0.25, -0.2) is 4.39 Å². The van der Waals surface area contributed by atoms with Crippen molar-refractivity contribution in [3.8, 4) is 5.75 Å². The quantitative estimate of drug-likeness (QED) is 0.866. The Hall–Kier alpha value is -2.07. The predicted molar refractivity (Wildman–Crippen MR) is 82.1 cm³/mol. The minimum atomic E-state index is -0.255. The van der Waals surface area contributed by atoms with Crippen LogP contribution in [0.5, 0.6) is 5.75 Å². The zero-order valence-electron chi connectivity index (χ0n) is 12.5. The van der Waals surface area contributed by atoms with Crippen LogP contribution in [-0.4, -0.2) is 14.2 Å². The number of hydrogen-bond donors (Lipinski definition) is 1. The number of rotatable bonds is 6. The highest BCUT2D eigenvalue weighted by Crippen LogP contribution is 2.26. The largest absolute Gasteiger partial charge is 0.496 e. The molecule has 112 valence electrons. The standard InChI is InChI=1S/C17H20FNO2/c1-12(19-16-7-5-4-6-15(16)18)13-8-9-17(21-3)14(10-13)11-20-2/h4-10,12,19H,11H2,1-3H3. The normalized spacial score (nSPS) is 12.0. The Bertz CT molecular complexity index is 601. The van der Waals surface area contributed by atoms with E-state index in [9.17, 15) is 4.39 Å². The lowest BCUT2D eigenvalue weighted by atomic mass is 10.0. The summed E-state index contributed by atoms with van der Waals surface area (Å²) >= 11 is 0. The summed E-state index contributed by atoms with van der Waals surface area (Å²) in [7, 11) is 3.28. The topological polar surface area (TPSA) is 30.5 Å². The maximum Gasteiger partial charge on any atom is 0.146 e. The number of benzene rings is 2. The molecule has 2 rings (SSSR count). The molecule has 0 aliphatic rings. The maximum atomic E-state index is 13.7. The average molecular weight is 289 g/mol. The summed E-state index contributed by atoms with van der Waals surface area (Å²) < 4.78 is 24.2. The van der Waals surface area contributed by atoms with Crippen LogP contribution in [0.2, 0.25) is 0 Å². The van der Waals surface area contributed by atoms with Crippen LogP contribution in [0.4, 0.5) is 10.1 Å². The van der Waals surface area contributed by atoms with Crippen LogP contribution in [0.3, 0.4) is 0 Å². The fourth-order valence-electron chi connectivity index (χ4n) is 2.23. The third kappa shape index (κ3) is 3.73. The van der Waals surface area contributed by atoms with Gasteiger partial charge in [0, 0.05) is 18.7 Å². The number of methoxy groups -OCH3 is 2. The van der Waals surface area contributed by atoms with E-state index in [2.05, 4.69) is 5.32 Å². The first-order valence-electron chi connectivity index (χ1n) is 6.82. The Morgan fingerprint density at radius 3 is 2.57 bits per heavy atom. The molecule has 0 heterocycles. The summed E-state index contributed by atoms with van der Waals surface area (Å²) in [5.74, 6) is 0.536. The molecular formula is C17H20FNO2. The molecule has 0 saturated heterocycles. The van der Waals surface area contributed by atoms with Crippen LogP contribution in [0.15, 0.2) is 42.5 Å². The number of halogens is 1. The van der Waals surface area contributed by atoms with Crippen LogP contribution in [0, 0.1) is 5.82 Å². The highest BCUT2D eigenvalue weighted by atomic mass is 19.1. The lowest BCUT2D eigenvalue weighted by molar-refractivity contribution is 0.181. The van der Waals surface area contributed by atoms with Gasteiger partial charge in [0.1, 0.15) is 11.6 Å². The van der Waals surface area contributed by atoms with Crippen molar-refractivity contribution in [1.29, 1.82) is 0 Å². The van der Waals surface area contributed by atoms with Crippen molar-refractivity contribution in [1.82, 2.24) is 0 Å². The minimum absolute atomic E-state index is 0.0246. The first-order valence-corrected chi connectivity index (χ1v) is 6.82.